The van der Waals surface area contributed by atoms with Gasteiger partial charge in [0, 0.05) is 22.8 Å². The minimum atomic E-state index is -1.09. The smallest absolute Gasteiger partial charge is 0.333 e. The van der Waals surface area contributed by atoms with Crippen molar-refractivity contribution in [3.8, 4) is 28.4 Å². The largest absolute Gasteiger partial charge is 0.490 e. The lowest BCUT2D eigenvalue weighted by atomic mass is 10.0. The second-order valence-electron chi connectivity index (χ2n) is 8.03. The zero-order valence-corrected chi connectivity index (χ0v) is 20.9. The first-order valence-corrected chi connectivity index (χ1v) is 11.2. The molecule has 0 saturated carbocycles. The van der Waals surface area contributed by atoms with Gasteiger partial charge in [-0.15, -0.1) is 0 Å². The minimum absolute atomic E-state index is 0.0403. The summed E-state index contributed by atoms with van der Waals surface area (Å²) in [5.41, 5.74) is 2.69. The maximum Gasteiger partial charge on any atom is 0.333 e. The van der Waals surface area contributed by atoms with E-state index in [1.54, 1.807) is 45.0 Å². The third kappa shape index (κ3) is 8.96. The van der Waals surface area contributed by atoms with Crippen molar-refractivity contribution in [2.24, 2.45) is 0 Å². The fourth-order valence-electron chi connectivity index (χ4n) is 2.72. The normalized spacial score (nSPS) is 11.1. The highest BCUT2D eigenvalue weighted by Crippen LogP contribution is 2.34. The number of aliphatic hydroxyl groups is 1. The van der Waals surface area contributed by atoms with Crippen molar-refractivity contribution in [1.82, 2.24) is 0 Å². The van der Waals surface area contributed by atoms with Crippen molar-refractivity contribution in [3.63, 3.8) is 0 Å². The lowest BCUT2D eigenvalue weighted by Gasteiger charge is -2.16. The SMILES string of the molecule is C=C(C)C(=O)OCCOc1ccc(-c2ccc(OC(O)C(=C)C)cc2)c(OCCOC(=O)C(=C)C)c1. The molecular weight excluding hydrogens is 464 g/mol. The molecule has 0 radical (unpaired) electrons. The van der Waals surface area contributed by atoms with Crippen LogP contribution < -0.4 is 14.2 Å². The molecule has 0 bridgehead atoms. The molecular formula is C28H32O8. The zero-order valence-electron chi connectivity index (χ0n) is 20.9. The van der Waals surface area contributed by atoms with E-state index in [4.69, 9.17) is 23.7 Å². The molecule has 0 fully saturated rings. The quantitative estimate of drug-likeness (QED) is 0.133. The number of hydrogen-bond acceptors (Lipinski definition) is 8. The van der Waals surface area contributed by atoms with Crippen LogP contribution in [0.2, 0.25) is 0 Å². The molecule has 2 rings (SSSR count). The molecule has 1 atom stereocenters. The van der Waals surface area contributed by atoms with Crippen LogP contribution in [0.15, 0.2) is 78.9 Å². The topological polar surface area (TPSA) is 101 Å². The zero-order chi connectivity index (χ0) is 26.7. The Hall–Kier alpha value is -4.04. The summed E-state index contributed by atoms with van der Waals surface area (Å²) < 4.78 is 27.2. The molecule has 0 aliphatic carbocycles. The van der Waals surface area contributed by atoms with Crippen LogP contribution in [0.1, 0.15) is 20.8 Å². The lowest BCUT2D eigenvalue weighted by Crippen LogP contribution is -2.15. The molecule has 192 valence electrons. The standard InChI is InChI=1S/C28H32O8/c1-18(2)26(29)34-15-13-32-23-11-12-24(25(17-23)33-14-16-35-27(30)19(3)4)21-7-9-22(10-8-21)36-28(31)20(5)6/h7-12,17,28,31H,1,3,5,13-16H2,2,4,6H3. The van der Waals surface area contributed by atoms with Gasteiger partial charge in [-0.1, -0.05) is 31.9 Å². The average Bonchev–Trinajstić information content (AvgIpc) is 2.84. The van der Waals surface area contributed by atoms with E-state index in [0.29, 0.717) is 34.0 Å². The minimum Gasteiger partial charge on any atom is -0.490 e. The van der Waals surface area contributed by atoms with Crippen molar-refractivity contribution in [2.45, 2.75) is 27.1 Å². The molecule has 0 aliphatic heterocycles. The second-order valence-corrected chi connectivity index (χ2v) is 8.03. The highest BCUT2D eigenvalue weighted by molar-refractivity contribution is 5.87. The Balaban J connectivity index is 2.14. The van der Waals surface area contributed by atoms with Crippen molar-refractivity contribution in [3.05, 3.63) is 78.9 Å². The summed E-state index contributed by atoms with van der Waals surface area (Å²) in [5, 5.41) is 9.85. The van der Waals surface area contributed by atoms with Gasteiger partial charge >= 0.3 is 11.9 Å². The summed E-state index contributed by atoms with van der Waals surface area (Å²) >= 11 is 0. The van der Waals surface area contributed by atoms with Gasteiger partial charge in [0.15, 0.2) is 0 Å². The predicted molar refractivity (Wildman–Crippen MR) is 136 cm³/mol. The molecule has 2 aromatic rings. The van der Waals surface area contributed by atoms with Gasteiger partial charge in [0.1, 0.15) is 43.7 Å². The fraction of sp³-hybridized carbons (Fsp3) is 0.286. The van der Waals surface area contributed by atoms with Gasteiger partial charge in [-0.2, -0.15) is 0 Å². The first-order chi connectivity index (χ1) is 17.1. The summed E-state index contributed by atoms with van der Waals surface area (Å²) in [4.78, 5) is 23.1. The van der Waals surface area contributed by atoms with Gasteiger partial charge in [-0.05, 0) is 56.2 Å². The maximum atomic E-state index is 11.6. The molecule has 8 nitrogen and oxygen atoms in total. The molecule has 36 heavy (non-hydrogen) atoms. The second kappa shape index (κ2) is 13.7. The van der Waals surface area contributed by atoms with E-state index in [9.17, 15) is 14.7 Å². The Labute approximate surface area is 211 Å². The number of carbonyl (C=O) groups is 2. The van der Waals surface area contributed by atoms with E-state index >= 15 is 0 Å². The number of carbonyl (C=O) groups excluding carboxylic acids is 2. The third-order valence-electron chi connectivity index (χ3n) is 4.64. The molecule has 1 N–H and O–H groups in total. The number of ether oxygens (including phenoxy) is 5. The van der Waals surface area contributed by atoms with Gasteiger partial charge in [0.05, 0.1) is 0 Å². The van der Waals surface area contributed by atoms with Crippen LogP contribution >= 0.6 is 0 Å². The highest BCUT2D eigenvalue weighted by Gasteiger charge is 2.12. The number of rotatable bonds is 14. The molecule has 1 unspecified atom stereocenters. The third-order valence-corrected chi connectivity index (χ3v) is 4.64. The van der Waals surface area contributed by atoms with Crippen LogP contribution in [0.3, 0.4) is 0 Å². The Morgan fingerprint density at radius 1 is 0.778 bits per heavy atom. The van der Waals surface area contributed by atoms with Crippen LogP contribution in [0.4, 0.5) is 0 Å². The molecule has 0 aliphatic rings. The van der Waals surface area contributed by atoms with E-state index in [1.165, 1.54) is 0 Å². The van der Waals surface area contributed by atoms with Gasteiger partial charge in [0.2, 0.25) is 6.29 Å². The Morgan fingerprint density at radius 3 is 1.83 bits per heavy atom. The van der Waals surface area contributed by atoms with E-state index < -0.39 is 18.2 Å². The molecule has 8 heteroatoms. The van der Waals surface area contributed by atoms with Crippen molar-refractivity contribution in [2.75, 3.05) is 26.4 Å². The number of hydrogen-bond donors (Lipinski definition) is 1. The Morgan fingerprint density at radius 2 is 1.31 bits per heavy atom. The van der Waals surface area contributed by atoms with Gasteiger partial charge < -0.3 is 28.8 Å². The van der Waals surface area contributed by atoms with Gasteiger partial charge in [-0.3, -0.25) is 0 Å². The van der Waals surface area contributed by atoms with Crippen molar-refractivity contribution < 1.29 is 38.4 Å². The van der Waals surface area contributed by atoms with E-state index in [2.05, 4.69) is 19.7 Å². The fourth-order valence-corrected chi connectivity index (χ4v) is 2.72. The van der Waals surface area contributed by atoms with Crippen LogP contribution in [-0.4, -0.2) is 49.8 Å². The lowest BCUT2D eigenvalue weighted by molar-refractivity contribution is -0.140. The first kappa shape index (κ1) is 28.2. The maximum absolute atomic E-state index is 11.6. The molecule has 0 heterocycles. The summed E-state index contributed by atoms with van der Waals surface area (Å²) in [5.74, 6) is 0.503. The molecule has 0 spiro atoms. The van der Waals surface area contributed by atoms with Crippen LogP contribution in [-0.2, 0) is 19.1 Å². The summed E-state index contributed by atoms with van der Waals surface area (Å²) in [6, 6.07) is 12.4. The van der Waals surface area contributed by atoms with Crippen LogP contribution in [0, 0.1) is 0 Å². The van der Waals surface area contributed by atoms with E-state index in [-0.39, 0.29) is 26.4 Å². The molecule has 0 saturated heterocycles. The van der Waals surface area contributed by atoms with Crippen molar-refractivity contribution in [1.29, 1.82) is 0 Å². The monoisotopic (exact) mass is 496 g/mol. The predicted octanol–water partition coefficient (Wildman–Crippen LogP) is 4.62. The molecule has 2 aromatic carbocycles. The summed E-state index contributed by atoms with van der Waals surface area (Å²) in [6.07, 6.45) is -1.09. The number of esters is 2. The van der Waals surface area contributed by atoms with E-state index in [0.717, 1.165) is 11.1 Å². The Kier molecular flexibility index (Phi) is 10.8. The van der Waals surface area contributed by atoms with Gasteiger partial charge in [0.25, 0.3) is 0 Å². The molecule has 0 amide bonds. The van der Waals surface area contributed by atoms with Crippen LogP contribution in [0.25, 0.3) is 11.1 Å². The summed E-state index contributed by atoms with van der Waals surface area (Å²) in [6.45, 7) is 15.9. The molecule has 0 aromatic heterocycles. The Bertz CT molecular complexity index is 1100. The number of benzene rings is 2. The average molecular weight is 497 g/mol. The van der Waals surface area contributed by atoms with E-state index in [1.807, 2.05) is 18.2 Å². The van der Waals surface area contributed by atoms with Crippen molar-refractivity contribution >= 4 is 11.9 Å². The highest BCUT2D eigenvalue weighted by atomic mass is 16.6. The van der Waals surface area contributed by atoms with Gasteiger partial charge in [-0.25, -0.2) is 9.59 Å². The summed E-state index contributed by atoms with van der Waals surface area (Å²) in [7, 11) is 0. The first-order valence-electron chi connectivity index (χ1n) is 11.2. The van der Waals surface area contributed by atoms with Crippen LogP contribution in [0.5, 0.6) is 17.2 Å². The number of aliphatic hydroxyl groups excluding tert-OH is 1.